The van der Waals surface area contributed by atoms with Gasteiger partial charge in [0, 0.05) is 19.1 Å². The number of hydrogen-bond donors (Lipinski definition) is 3. The van der Waals surface area contributed by atoms with Gasteiger partial charge < -0.3 is 21.5 Å². The van der Waals surface area contributed by atoms with Crippen LogP contribution in [0.2, 0.25) is 0 Å². The average molecular weight is 209 g/mol. The maximum atomic E-state index is 5.72. The predicted molar refractivity (Wildman–Crippen MR) is 63.1 cm³/mol. The first-order chi connectivity index (χ1) is 7.27. The molecule has 84 valence electrons. The molecule has 1 atom stereocenters. The van der Waals surface area contributed by atoms with E-state index < -0.39 is 0 Å². The topological polar surface area (TPSA) is 73.3 Å². The van der Waals surface area contributed by atoms with E-state index >= 15 is 0 Å². The second-order valence-corrected chi connectivity index (χ2v) is 3.31. The van der Waals surface area contributed by atoms with Gasteiger partial charge in [0.1, 0.15) is 5.75 Å². The van der Waals surface area contributed by atoms with Crippen LogP contribution in [-0.2, 0) is 0 Å². The van der Waals surface area contributed by atoms with Gasteiger partial charge in [-0.05, 0) is 19.1 Å². The fraction of sp³-hybridized carbons (Fsp3) is 0.455. The largest absolute Gasteiger partial charge is 0.492 e. The predicted octanol–water partition coefficient (Wildman–Crippen LogP) is 0.783. The van der Waals surface area contributed by atoms with Crippen molar-refractivity contribution in [1.82, 2.24) is 0 Å². The highest BCUT2D eigenvalue weighted by atomic mass is 16.5. The molecule has 5 N–H and O–H groups in total. The third-order valence-corrected chi connectivity index (χ3v) is 2.04. The summed E-state index contributed by atoms with van der Waals surface area (Å²) >= 11 is 0. The normalized spacial score (nSPS) is 12.2. The number of ether oxygens (including phenoxy) is 1. The summed E-state index contributed by atoms with van der Waals surface area (Å²) in [7, 11) is 0. The lowest BCUT2D eigenvalue weighted by Crippen LogP contribution is -2.36. The second-order valence-electron chi connectivity index (χ2n) is 3.31. The number of para-hydroxylation sites is 2. The van der Waals surface area contributed by atoms with Crippen LogP contribution in [0.3, 0.4) is 0 Å². The van der Waals surface area contributed by atoms with Crippen molar-refractivity contribution in [3.05, 3.63) is 24.3 Å². The molecule has 0 aliphatic carbocycles. The quantitative estimate of drug-likeness (QED) is 0.647. The van der Waals surface area contributed by atoms with Crippen molar-refractivity contribution in [2.75, 3.05) is 25.0 Å². The Morgan fingerprint density at radius 3 is 2.80 bits per heavy atom. The van der Waals surface area contributed by atoms with Crippen LogP contribution in [0.25, 0.3) is 0 Å². The van der Waals surface area contributed by atoms with E-state index in [-0.39, 0.29) is 6.04 Å². The Balaban J connectivity index is 2.58. The first-order valence-electron chi connectivity index (χ1n) is 5.19. The molecule has 0 aromatic heterocycles. The summed E-state index contributed by atoms with van der Waals surface area (Å²) in [6, 6.07) is 7.77. The molecule has 1 aromatic carbocycles. The summed E-state index contributed by atoms with van der Waals surface area (Å²) in [5, 5.41) is 3.22. The molecular formula is C11H19N3O. The second kappa shape index (κ2) is 6.27. The molecule has 0 aliphatic rings. The van der Waals surface area contributed by atoms with Crippen molar-refractivity contribution in [3.8, 4) is 5.75 Å². The molecule has 0 heterocycles. The van der Waals surface area contributed by atoms with Gasteiger partial charge >= 0.3 is 0 Å². The molecule has 0 saturated carbocycles. The van der Waals surface area contributed by atoms with Crippen molar-refractivity contribution in [2.24, 2.45) is 11.5 Å². The summed E-state index contributed by atoms with van der Waals surface area (Å²) in [5.41, 5.74) is 12.1. The maximum absolute atomic E-state index is 5.72. The number of anilines is 1. The zero-order valence-corrected chi connectivity index (χ0v) is 9.07. The molecule has 15 heavy (non-hydrogen) atoms. The highest BCUT2D eigenvalue weighted by Gasteiger charge is 2.03. The highest BCUT2D eigenvalue weighted by molar-refractivity contribution is 5.56. The number of hydrogen-bond acceptors (Lipinski definition) is 4. The number of nitrogens with two attached hydrogens (primary N) is 2. The zero-order chi connectivity index (χ0) is 11.1. The number of benzene rings is 1. The van der Waals surface area contributed by atoms with Gasteiger partial charge in [-0.1, -0.05) is 12.1 Å². The lowest BCUT2D eigenvalue weighted by atomic mass is 10.2. The van der Waals surface area contributed by atoms with E-state index in [2.05, 4.69) is 5.32 Å². The number of rotatable bonds is 6. The Morgan fingerprint density at radius 1 is 1.40 bits per heavy atom. The van der Waals surface area contributed by atoms with Crippen molar-refractivity contribution in [1.29, 1.82) is 0 Å². The van der Waals surface area contributed by atoms with E-state index in [1.54, 1.807) is 0 Å². The Hall–Kier alpha value is -1.26. The van der Waals surface area contributed by atoms with E-state index in [0.717, 1.165) is 11.4 Å². The van der Waals surface area contributed by atoms with Gasteiger partial charge in [-0.25, -0.2) is 0 Å². The van der Waals surface area contributed by atoms with E-state index in [9.17, 15) is 0 Å². The fourth-order valence-corrected chi connectivity index (χ4v) is 1.22. The Kier molecular flexibility index (Phi) is 4.93. The molecule has 0 saturated heterocycles. The molecule has 0 radical (unpaired) electrons. The standard InChI is InChI=1S/C11H19N3O/c1-2-15-11-6-4-3-5-10(11)14-8-9(13)7-12/h3-6,9,14H,2,7-8,12-13H2,1H3. The molecule has 1 unspecified atom stereocenters. The third-order valence-electron chi connectivity index (χ3n) is 2.04. The van der Waals surface area contributed by atoms with E-state index in [1.807, 2.05) is 31.2 Å². The third kappa shape index (κ3) is 3.77. The van der Waals surface area contributed by atoms with Crippen molar-refractivity contribution >= 4 is 5.69 Å². The molecule has 4 nitrogen and oxygen atoms in total. The van der Waals surface area contributed by atoms with Crippen LogP contribution >= 0.6 is 0 Å². The zero-order valence-electron chi connectivity index (χ0n) is 9.07. The summed E-state index contributed by atoms with van der Waals surface area (Å²) < 4.78 is 5.47. The first-order valence-corrected chi connectivity index (χ1v) is 5.19. The molecule has 1 aromatic rings. The van der Waals surface area contributed by atoms with Gasteiger partial charge in [0.15, 0.2) is 0 Å². The van der Waals surface area contributed by atoms with Crippen LogP contribution in [0.1, 0.15) is 6.92 Å². The van der Waals surface area contributed by atoms with E-state index in [0.29, 0.717) is 19.7 Å². The van der Waals surface area contributed by atoms with Crippen LogP contribution in [0, 0.1) is 0 Å². The molecular weight excluding hydrogens is 190 g/mol. The minimum atomic E-state index is -0.0281. The van der Waals surface area contributed by atoms with E-state index in [1.165, 1.54) is 0 Å². The van der Waals surface area contributed by atoms with Gasteiger partial charge in [0.05, 0.1) is 12.3 Å². The molecule has 4 heteroatoms. The Bertz CT molecular complexity index is 291. The van der Waals surface area contributed by atoms with Gasteiger partial charge in [-0.3, -0.25) is 0 Å². The van der Waals surface area contributed by atoms with Crippen LogP contribution in [-0.4, -0.2) is 25.7 Å². The minimum Gasteiger partial charge on any atom is -0.492 e. The van der Waals surface area contributed by atoms with Gasteiger partial charge in [0.25, 0.3) is 0 Å². The van der Waals surface area contributed by atoms with Crippen LogP contribution < -0.4 is 21.5 Å². The van der Waals surface area contributed by atoms with Gasteiger partial charge in [-0.2, -0.15) is 0 Å². The van der Waals surface area contributed by atoms with Gasteiger partial charge in [0.2, 0.25) is 0 Å². The molecule has 1 rings (SSSR count). The van der Waals surface area contributed by atoms with Crippen molar-refractivity contribution in [3.63, 3.8) is 0 Å². The fourth-order valence-electron chi connectivity index (χ4n) is 1.22. The van der Waals surface area contributed by atoms with Crippen LogP contribution in [0.15, 0.2) is 24.3 Å². The highest BCUT2D eigenvalue weighted by Crippen LogP contribution is 2.23. The Morgan fingerprint density at radius 2 is 2.13 bits per heavy atom. The SMILES string of the molecule is CCOc1ccccc1NCC(N)CN. The molecule has 0 bridgehead atoms. The molecule has 0 spiro atoms. The van der Waals surface area contributed by atoms with Crippen molar-refractivity contribution in [2.45, 2.75) is 13.0 Å². The summed E-state index contributed by atoms with van der Waals surface area (Å²) in [5.74, 6) is 0.851. The summed E-state index contributed by atoms with van der Waals surface area (Å²) in [6.07, 6.45) is 0. The smallest absolute Gasteiger partial charge is 0.142 e. The maximum Gasteiger partial charge on any atom is 0.142 e. The minimum absolute atomic E-state index is 0.0281. The average Bonchev–Trinajstić information content (AvgIpc) is 2.28. The Labute approximate surface area is 90.6 Å². The lowest BCUT2D eigenvalue weighted by Gasteiger charge is -2.14. The van der Waals surface area contributed by atoms with Crippen LogP contribution in [0.5, 0.6) is 5.75 Å². The molecule has 0 fully saturated rings. The van der Waals surface area contributed by atoms with Crippen LogP contribution in [0.4, 0.5) is 5.69 Å². The first kappa shape index (κ1) is 11.8. The lowest BCUT2D eigenvalue weighted by molar-refractivity contribution is 0.341. The summed E-state index contributed by atoms with van der Waals surface area (Å²) in [4.78, 5) is 0. The number of nitrogens with one attached hydrogen (secondary N) is 1. The monoisotopic (exact) mass is 209 g/mol. The van der Waals surface area contributed by atoms with Gasteiger partial charge in [-0.15, -0.1) is 0 Å². The molecule has 0 amide bonds. The van der Waals surface area contributed by atoms with Crippen molar-refractivity contribution < 1.29 is 4.74 Å². The summed E-state index contributed by atoms with van der Waals surface area (Å²) in [6.45, 7) is 3.74. The molecule has 0 aliphatic heterocycles. The van der Waals surface area contributed by atoms with E-state index in [4.69, 9.17) is 16.2 Å².